The van der Waals surface area contributed by atoms with E-state index in [0.29, 0.717) is 42.4 Å². The Hall–Kier alpha value is -1.17. The highest BCUT2D eigenvalue weighted by Crippen LogP contribution is 2.64. The Bertz CT molecular complexity index is 1170. The summed E-state index contributed by atoms with van der Waals surface area (Å²) in [6.45, 7) is 9.65. The minimum atomic E-state index is -1.58. The van der Waals surface area contributed by atoms with Gasteiger partial charge in [-0.1, -0.05) is 32.4 Å². The predicted molar refractivity (Wildman–Crippen MR) is 153 cm³/mol. The first kappa shape index (κ1) is 29.5. The van der Waals surface area contributed by atoms with Crippen LogP contribution >= 0.6 is 0 Å². The number of allylic oxidation sites excluding steroid dienone is 2. The summed E-state index contributed by atoms with van der Waals surface area (Å²) in [5, 5.41) is 44.0. The molecule has 0 unspecified atom stereocenters. The Balaban J connectivity index is 1.11. The number of fused-ring (bicyclic) bond motifs is 6. The average Bonchev–Trinajstić information content (AvgIpc) is 3.41. The fourth-order valence-electron chi connectivity index (χ4n) is 10.4. The van der Waals surface area contributed by atoms with Crippen molar-refractivity contribution >= 4 is 5.78 Å². The van der Waals surface area contributed by atoms with Crippen molar-refractivity contribution in [3.05, 3.63) is 22.8 Å². The van der Waals surface area contributed by atoms with E-state index < -0.39 is 37.3 Å². The number of ketones is 1. The van der Waals surface area contributed by atoms with Crippen LogP contribution in [0.3, 0.4) is 0 Å². The Morgan fingerprint density at radius 2 is 1.93 bits per heavy atom. The van der Waals surface area contributed by atoms with Crippen LogP contribution in [0.5, 0.6) is 0 Å². The molecule has 2 saturated carbocycles. The van der Waals surface area contributed by atoms with E-state index in [1.165, 1.54) is 11.1 Å². The molecule has 15 atom stereocenters. The van der Waals surface area contributed by atoms with Gasteiger partial charge in [0.2, 0.25) is 0 Å². The minimum Gasteiger partial charge on any atom is -0.396 e. The van der Waals surface area contributed by atoms with Crippen LogP contribution in [-0.4, -0.2) is 88.0 Å². The molecule has 4 aliphatic carbocycles. The lowest BCUT2D eigenvalue weighted by molar-refractivity contribution is -0.341. The first-order valence-electron chi connectivity index (χ1n) is 16.3. The molecule has 0 bridgehead atoms. The highest BCUT2D eigenvalue weighted by molar-refractivity contribution is 6.02. The topological polar surface area (TPSA) is 138 Å². The average molecular weight is 588 g/mol. The summed E-state index contributed by atoms with van der Waals surface area (Å²) < 4.78 is 18.7. The molecule has 0 aromatic carbocycles. The molecule has 7 aliphatic rings. The van der Waals surface area contributed by atoms with Crippen LogP contribution < -0.4 is 5.32 Å². The van der Waals surface area contributed by atoms with Crippen LogP contribution in [0, 0.1) is 40.9 Å². The molecule has 9 heteroatoms. The summed E-state index contributed by atoms with van der Waals surface area (Å²) >= 11 is 0. The number of hydrogen-bond donors (Lipinski definition) is 5. The third-order valence-corrected chi connectivity index (χ3v) is 12.8. The molecule has 7 rings (SSSR count). The number of carbonyl (C=O) groups excluding carboxylic acids is 1. The first-order valence-corrected chi connectivity index (χ1v) is 16.3. The second kappa shape index (κ2) is 10.4. The highest BCUT2D eigenvalue weighted by atomic mass is 16.7. The molecule has 5 N–H and O–H groups in total. The maximum atomic E-state index is 14.5. The zero-order valence-electron chi connectivity index (χ0n) is 25.4. The molecular formula is C33H49NO8. The molecule has 9 nitrogen and oxygen atoms in total. The van der Waals surface area contributed by atoms with Crippen LogP contribution in [0.2, 0.25) is 0 Å². The number of rotatable bonds is 3. The normalized spacial score (nSPS) is 53.9. The van der Waals surface area contributed by atoms with E-state index in [2.05, 4.69) is 39.1 Å². The van der Waals surface area contributed by atoms with Crippen LogP contribution in [0.4, 0.5) is 0 Å². The molecule has 42 heavy (non-hydrogen) atoms. The number of aliphatic hydroxyl groups is 4. The molecule has 0 aromatic rings. The molecule has 0 radical (unpaired) electrons. The standard InChI is InChI=1S/C33H49NO8/c1-15-11-23-26(34-13-15)17(3)33(42-23)10-8-20-21-6-5-18-12-19(40-31-22(14-35)27(36)29(38)30(39)41-31)7-9-32(18,4)25(21)28(37)24(20)16(33)2/h5,15,17,19-23,25-27,29-31,34-36,38-39H,6-14H2,1-4H3/t15-,17-,19+,20+,21-,22+,23-,25-,26+,27-,29-,30+,31-,32-,33+/m0/s1. The van der Waals surface area contributed by atoms with E-state index in [4.69, 9.17) is 14.2 Å². The molecule has 234 valence electrons. The second-order valence-corrected chi connectivity index (χ2v) is 14.9. The van der Waals surface area contributed by atoms with E-state index >= 15 is 0 Å². The van der Waals surface area contributed by atoms with Gasteiger partial charge in [0.1, 0.15) is 6.10 Å². The molecule has 1 spiro atoms. The lowest BCUT2D eigenvalue weighted by atomic mass is 9.56. The molecule has 5 fully saturated rings. The second-order valence-electron chi connectivity index (χ2n) is 14.9. The van der Waals surface area contributed by atoms with Gasteiger partial charge >= 0.3 is 0 Å². The third kappa shape index (κ3) is 4.14. The number of ether oxygens (including phenoxy) is 3. The zero-order valence-corrected chi connectivity index (χ0v) is 25.4. The Kier molecular flexibility index (Phi) is 7.34. The number of piperidine rings is 1. The smallest absolute Gasteiger partial charge is 0.186 e. The molecular weight excluding hydrogens is 538 g/mol. The van der Waals surface area contributed by atoms with Gasteiger partial charge in [-0.2, -0.15) is 0 Å². The molecule has 0 aromatic heterocycles. The Labute approximate surface area is 248 Å². The van der Waals surface area contributed by atoms with Crippen LogP contribution in [0.1, 0.15) is 72.6 Å². The van der Waals surface area contributed by atoms with Crippen molar-refractivity contribution in [1.82, 2.24) is 5.32 Å². The number of nitrogens with one attached hydrogen (secondary N) is 1. The molecule has 3 aliphatic heterocycles. The minimum absolute atomic E-state index is 0.0457. The Morgan fingerprint density at radius 3 is 2.69 bits per heavy atom. The van der Waals surface area contributed by atoms with Crippen molar-refractivity contribution in [3.8, 4) is 0 Å². The highest BCUT2D eigenvalue weighted by Gasteiger charge is 2.63. The van der Waals surface area contributed by atoms with E-state index in [1.54, 1.807) is 0 Å². The largest absolute Gasteiger partial charge is 0.396 e. The quantitative estimate of drug-likeness (QED) is 0.315. The SMILES string of the molecule is CC1=C2C(=O)[C@@H]3[C@@H](CC=C4C[C@H](O[C@H]5O[C@@H](O)[C@@H](O)[C@@H](O)[C@H]5CO)CC[C@@]43C)[C@H]2CC[C@@]12O[C@H]1C[C@H](C)CN[C@@H]1[C@@H]2C. The zero-order chi connectivity index (χ0) is 29.7. The van der Waals surface area contributed by atoms with Crippen molar-refractivity contribution in [3.63, 3.8) is 0 Å². The molecule has 0 amide bonds. The van der Waals surface area contributed by atoms with Gasteiger partial charge in [0.25, 0.3) is 0 Å². The summed E-state index contributed by atoms with van der Waals surface area (Å²) in [5.74, 6) is 0.961. The van der Waals surface area contributed by atoms with Crippen LogP contribution in [0.25, 0.3) is 0 Å². The van der Waals surface area contributed by atoms with Gasteiger partial charge in [-0.25, -0.2) is 0 Å². The van der Waals surface area contributed by atoms with Gasteiger partial charge in [-0.15, -0.1) is 0 Å². The maximum Gasteiger partial charge on any atom is 0.186 e. The summed E-state index contributed by atoms with van der Waals surface area (Å²) in [6, 6.07) is 0.345. The van der Waals surface area contributed by atoms with E-state index in [9.17, 15) is 25.2 Å². The van der Waals surface area contributed by atoms with Crippen molar-refractivity contribution in [2.24, 2.45) is 40.9 Å². The number of Topliss-reactive ketones (excluding diaryl/α,β-unsaturated/α-hetero) is 1. The van der Waals surface area contributed by atoms with Gasteiger partial charge in [-0.3, -0.25) is 4.79 Å². The maximum absolute atomic E-state index is 14.5. The van der Waals surface area contributed by atoms with Gasteiger partial charge in [0.05, 0.1) is 36.4 Å². The Morgan fingerprint density at radius 1 is 1.14 bits per heavy atom. The lowest BCUT2D eigenvalue weighted by Crippen LogP contribution is -2.57. The first-order chi connectivity index (χ1) is 20.0. The van der Waals surface area contributed by atoms with Crippen LogP contribution in [-0.2, 0) is 19.0 Å². The third-order valence-electron chi connectivity index (χ3n) is 12.8. The van der Waals surface area contributed by atoms with Gasteiger partial charge in [0, 0.05) is 23.5 Å². The van der Waals surface area contributed by atoms with Gasteiger partial charge in [-0.05, 0) is 87.2 Å². The van der Waals surface area contributed by atoms with Crippen molar-refractivity contribution < 1.29 is 39.4 Å². The number of hydrogen-bond acceptors (Lipinski definition) is 9. The monoisotopic (exact) mass is 587 g/mol. The molecule has 3 heterocycles. The number of carbonyl (C=O) groups is 1. The van der Waals surface area contributed by atoms with Crippen molar-refractivity contribution in [2.45, 2.75) is 121 Å². The summed E-state index contributed by atoms with van der Waals surface area (Å²) in [6.07, 6.45) is 2.96. The number of aliphatic hydroxyl groups excluding tert-OH is 4. The van der Waals surface area contributed by atoms with Gasteiger partial charge in [0.15, 0.2) is 18.4 Å². The summed E-state index contributed by atoms with van der Waals surface area (Å²) in [4.78, 5) is 14.5. The van der Waals surface area contributed by atoms with Gasteiger partial charge < -0.3 is 40.0 Å². The van der Waals surface area contributed by atoms with Crippen molar-refractivity contribution in [1.29, 1.82) is 0 Å². The van der Waals surface area contributed by atoms with Crippen molar-refractivity contribution in [2.75, 3.05) is 13.2 Å². The van der Waals surface area contributed by atoms with E-state index in [1.807, 2.05) is 0 Å². The summed E-state index contributed by atoms with van der Waals surface area (Å²) in [5.41, 5.74) is 2.90. The summed E-state index contributed by atoms with van der Waals surface area (Å²) in [7, 11) is 0. The van der Waals surface area contributed by atoms with E-state index in [0.717, 1.165) is 44.2 Å². The fourth-order valence-corrected chi connectivity index (χ4v) is 10.4. The predicted octanol–water partition coefficient (Wildman–Crippen LogP) is 2.21. The fraction of sp³-hybridized carbons (Fsp3) is 0.848. The van der Waals surface area contributed by atoms with Crippen LogP contribution in [0.15, 0.2) is 22.8 Å². The van der Waals surface area contributed by atoms with E-state index in [-0.39, 0.29) is 35.1 Å². The lowest BCUT2D eigenvalue weighted by Gasteiger charge is -2.49. The molecule has 3 saturated heterocycles.